The Kier molecular flexibility index (Phi) is 3.54. The molecule has 1 aromatic heterocycles. The number of pyridine rings is 1. The van der Waals surface area contributed by atoms with Crippen molar-refractivity contribution in [1.82, 2.24) is 4.57 Å². The molecule has 17 heavy (non-hydrogen) atoms. The van der Waals surface area contributed by atoms with E-state index in [9.17, 15) is 4.79 Å². The normalized spacial score (nSPS) is 10.5. The minimum atomic E-state index is -0.0816. The number of hydrogen-bond donors (Lipinski definition) is 1. The molecular formula is C12H10BrClN2O. The molecule has 1 heterocycles. The van der Waals surface area contributed by atoms with Crippen LogP contribution in [0.1, 0.15) is 5.56 Å². The van der Waals surface area contributed by atoms with Gasteiger partial charge in [0.1, 0.15) is 0 Å². The van der Waals surface area contributed by atoms with Gasteiger partial charge in [-0.05, 0) is 45.8 Å². The molecule has 0 aliphatic rings. The second kappa shape index (κ2) is 4.94. The first-order chi connectivity index (χ1) is 8.08. The summed E-state index contributed by atoms with van der Waals surface area (Å²) in [6.07, 6.45) is 1.72. The minimum absolute atomic E-state index is 0.0816. The molecule has 0 saturated carbocycles. The lowest BCUT2D eigenvalue weighted by molar-refractivity contribution is 0.757. The van der Waals surface area contributed by atoms with Crippen LogP contribution in [0.15, 0.2) is 45.8 Å². The van der Waals surface area contributed by atoms with Crippen LogP contribution in [-0.4, -0.2) is 4.57 Å². The van der Waals surface area contributed by atoms with E-state index in [4.69, 9.17) is 17.3 Å². The number of nitrogens with zero attached hydrogens (tertiary/aromatic N) is 1. The summed E-state index contributed by atoms with van der Waals surface area (Å²) in [6, 6.07) is 8.78. The molecule has 0 bridgehead atoms. The van der Waals surface area contributed by atoms with Gasteiger partial charge in [0.05, 0.1) is 11.0 Å². The summed E-state index contributed by atoms with van der Waals surface area (Å²) in [7, 11) is 0. The van der Waals surface area contributed by atoms with Crippen molar-refractivity contribution in [3.05, 3.63) is 61.9 Å². The van der Waals surface area contributed by atoms with E-state index in [1.807, 2.05) is 6.07 Å². The Balaban J connectivity index is 2.38. The number of rotatable bonds is 2. The zero-order valence-electron chi connectivity index (χ0n) is 8.86. The van der Waals surface area contributed by atoms with E-state index in [1.165, 1.54) is 0 Å². The van der Waals surface area contributed by atoms with Gasteiger partial charge in [-0.1, -0.05) is 17.7 Å². The van der Waals surface area contributed by atoms with Crippen LogP contribution < -0.4 is 11.3 Å². The van der Waals surface area contributed by atoms with Gasteiger partial charge in [0.15, 0.2) is 0 Å². The molecule has 1 aromatic carbocycles. The van der Waals surface area contributed by atoms with Crippen molar-refractivity contribution in [2.75, 3.05) is 5.73 Å². The molecule has 0 spiro atoms. The topological polar surface area (TPSA) is 48.0 Å². The number of anilines is 1. The smallest absolute Gasteiger partial charge is 0.265 e. The van der Waals surface area contributed by atoms with E-state index < -0.39 is 0 Å². The van der Waals surface area contributed by atoms with E-state index in [2.05, 4.69) is 15.9 Å². The number of hydrogen-bond acceptors (Lipinski definition) is 2. The Morgan fingerprint density at radius 2 is 2.12 bits per heavy atom. The van der Waals surface area contributed by atoms with Gasteiger partial charge in [0, 0.05) is 16.9 Å². The zero-order valence-corrected chi connectivity index (χ0v) is 11.2. The average Bonchev–Trinajstić information content (AvgIpc) is 2.28. The van der Waals surface area contributed by atoms with Crippen molar-refractivity contribution in [1.29, 1.82) is 0 Å². The van der Waals surface area contributed by atoms with Gasteiger partial charge in [0.25, 0.3) is 5.56 Å². The molecule has 0 aliphatic heterocycles. The maximum atomic E-state index is 11.8. The summed E-state index contributed by atoms with van der Waals surface area (Å²) in [4.78, 5) is 11.8. The fourth-order valence-corrected chi connectivity index (χ4v) is 2.09. The molecule has 5 heteroatoms. The van der Waals surface area contributed by atoms with Crippen LogP contribution in [-0.2, 0) is 6.54 Å². The van der Waals surface area contributed by atoms with E-state index in [-0.39, 0.29) is 5.56 Å². The van der Waals surface area contributed by atoms with Crippen molar-refractivity contribution in [3.63, 3.8) is 0 Å². The van der Waals surface area contributed by atoms with Crippen molar-refractivity contribution in [2.24, 2.45) is 0 Å². The molecule has 2 N–H and O–H groups in total. The highest BCUT2D eigenvalue weighted by molar-refractivity contribution is 9.10. The summed E-state index contributed by atoms with van der Waals surface area (Å²) in [5, 5.41) is 0.591. The number of halogens is 2. The molecule has 0 aliphatic carbocycles. The summed E-state index contributed by atoms with van der Waals surface area (Å²) < 4.78 is 2.12. The first-order valence-corrected chi connectivity index (χ1v) is 6.14. The lowest BCUT2D eigenvalue weighted by atomic mass is 10.2. The highest BCUT2D eigenvalue weighted by Crippen LogP contribution is 2.18. The Morgan fingerprint density at radius 3 is 2.82 bits per heavy atom. The standard InChI is InChI=1S/C12H10BrClN2O/c13-10-2-1-5-16(12(10)17)7-8-3-4-9(14)6-11(8)15/h1-6H,7,15H2. The van der Waals surface area contributed by atoms with Gasteiger partial charge in [-0.3, -0.25) is 4.79 Å². The Morgan fingerprint density at radius 1 is 1.35 bits per heavy atom. The van der Waals surface area contributed by atoms with Gasteiger partial charge in [-0.25, -0.2) is 0 Å². The molecule has 3 nitrogen and oxygen atoms in total. The quantitative estimate of drug-likeness (QED) is 0.867. The third kappa shape index (κ3) is 2.70. The lowest BCUT2D eigenvalue weighted by Gasteiger charge is -2.09. The van der Waals surface area contributed by atoms with Crippen LogP contribution in [0.5, 0.6) is 0 Å². The predicted molar refractivity (Wildman–Crippen MR) is 73.4 cm³/mol. The lowest BCUT2D eigenvalue weighted by Crippen LogP contribution is -2.20. The molecule has 0 unspecified atom stereocenters. The minimum Gasteiger partial charge on any atom is -0.398 e. The van der Waals surface area contributed by atoms with Crippen LogP contribution in [0.3, 0.4) is 0 Å². The van der Waals surface area contributed by atoms with Crippen LogP contribution in [0.4, 0.5) is 5.69 Å². The Hall–Kier alpha value is -1.26. The van der Waals surface area contributed by atoms with E-state index in [0.29, 0.717) is 21.7 Å². The largest absolute Gasteiger partial charge is 0.398 e. The summed E-state index contributed by atoms with van der Waals surface area (Å²) in [5.41, 5.74) is 7.22. The Labute approximate surface area is 112 Å². The third-order valence-electron chi connectivity index (χ3n) is 2.42. The number of benzene rings is 1. The highest BCUT2D eigenvalue weighted by Gasteiger charge is 2.04. The van der Waals surface area contributed by atoms with E-state index in [1.54, 1.807) is 35.0 Å². The van der Waals surface area contributed by atoms with Crippen LogP contribution in [0.2, 0.25) is 5.02 Å². The van der Waals surface area contributed by atoms with Gasteiger partial charge in [-0.2, -0.15) is 0 Å². The molecule has 0 radical (unpaired) electrons. The molecule has 0 saturated heterocycles. The summed E-state index contributed by atoms with van der Waals surface area (Å²) >= 11 is 9.02. The van der Waals surface area contributed by atoms with Crippen molar-refractivity contribution in [2.45, 2.75) is 6.54 Å². The fourth-order valence-electron chi connectivity index (χ4n) is 1.53. The van der Waals surface area contributed by atoms with Gasteiger partial charge >= 0.3 is 0 Å². The zero-order chi connectivity index (χ0) is 12.4. The fraction of sp³-hybridized carbons (Fsp3) is 0.0833. The highest BCUT2D eigenvalue weighted by atomic mass is 79.9. The second-order valence-corrected chi connectivity index (χ2v) is 4.92. The van der Waals surface area contributed by atoms with Crippen LogP contribution in [0, 0.1) is 0 Å². The molecule has 0 fully saturated rings. The van der Waals surface area contributed by atoms with Crippen molar-refractivity contribution < 1.29 is 0 Å². The molecule has 0 atom stereocenters. The van der Waals surface area contributed by atoms with Gasteiger partial charge in [-0.15, -0.1) is 0 Å². The second-order valence-electron chi connectivity index (χ2n) is 3.63. The molecule has 2 rings (SSSR count). The van der Waals surface area contributed by atoms with Gasteiger partial charge in [0.2, 0.25) is 0 Å². The van der Waals surface area contributed by atoms with Gasteiger partial charge < -0.3 is 10.3 Å². The molecule has 88 valence electrons. The monoisotopic (exact) mass is 312 g/mol. The van der Waals surface area contributed by atoms with Crippen molar-refractivity contribution >= 4 is 33.2 Å². The van der Waals surface area contributed by atoms with E-state index in [0.717, 1.165) is 5.56 Å². The summed E-state index contributed by atoms with van der Waals surface area (Å²) in [6.45, 7) is 0.432. The Bertz CT molecular complexity index is 610. The maximum Gasteiger partial charge on any atom is 0.265 e. The third-order valence-corrected chi connectivity index (χ3v) is 3.26. The number of aromatic nitrogens is 1. The predicted octanol–water partition coefficient (Wildman–Crippen LogP) is 2.89. The first-order valence-electron chi connectivity index (χ1n) is 4.97. The molecule has 0 amide bonds. The molecule has 2 aromatic rings. The van der Waals surface area contributed by atoms with Crippen molar-refractivity contribution in [3.8, 4) is 0 Å². The SMILES string of the molecule is Nc1cc(Cl)ccc1Cn1cccc(Br)c1=O. The maximum absolute atomic E-state index is 11.8. The average molecular weight is 314 g/mol. The number of nitrogen functional groups attached to an aromatic ring is 1. The first kappa shape index (κ1) is 12.2. The van der Waals surface area contributed by atoms with Crippen LogP contribution >= 0.6 is 27.5 Å². The summed E-state index contributed by atoms with van der Waals surface area (Å²) in [5.74, 6) is 0. The molecular weight excluding hydrogens is 304 g/mol. The number of nitrogens with two attached hydrogens (primary N) is 1. The van der Waals surface area contributed by atoms with Crippen LogP contribution in [0.25, 0.3) is 0 Å². The van der Waals surface area contributed by atoms with E-state index >= 15 is 0 Å².